The molecule has 1 aromatic carbocycles. The summed E-state index contributed by atoms with van der Waals surface area (Å²) in [7, 11) is 0. The normalized spacial score (nSPS) is 17.6. The molecule has 128 valence electrons. The number of carbonyl (C=O) groups excluding carboxylic acids is 1. The number of anilines is 3. The van der Waals surface area contributed by atoms with E-state index >= 15 is 0 Å². The van der Waals surface area contributed by atoms with Gasteiger partial charge in [0.2, 0.25) is 10.3 Å². The number of amides is 2. The van der Waals surface area contributed by atoms with Gasteiger partial charge in [-0.2, -0.15) is 0 Å². The van der Waals surface area contributed by atoms with E-state index in [1.807, 2.05) is 0 Å². The third kappa shape index (κ3) is 3.97. The second-order valence-corrected chi connectivity index (χ2v) is 6.74. The smallest absolute Gasteiger partial charge is 0.325 e. The molecular formula is C15H17F2N5OS. The van der Waals surface area contributed by atoms with Crippen LogP contribution in [0.1, 0.15) is 19.8 Å². The lowest BCUT2D eigenvalue weighted by atomic mass is 10.0. The fraction of sp³-hybridized carbons (Fsp3) is 0.400. The molecule has 2 amide bonds. The minimum atomic E-state index is -0.716. The summed E-state index contributed by atoms with van der Waals surface area (Å²) in [5, 5.41) is 13.8. The first kappa shape index (κ1) is 16.6. The zero-order valence-corrected chi connectivity index (χ0v) is 13.9. The molecule has 9 heteroatoms. The Labute approximate surface area is 141 Å². The number of piperidine rings is 1. The fourth-order valence-corrected chi connectivity index (χ4v) is 3.38. The summed E-state index contributed by atoms with van der Waals surface area (Å²) in [6.07, 6.45) is 2.30. The highest BCUT2D eigenvalue weighted by Gasteiger charge is 2.20. The number of rotatable bonds is 3. The Balaban J connectivity index is 1.62. The van der Waals surface area contributed by atoms with Gasteiger partial charge in [-0.25, -0.2) is 13.6 Å². The number of hydrogen-bond acceptors (Lipinski definition) is 5. The Morgan fingerprint density at radius 3 is 2.96 bits per heavy atom. The van der Waals surface area contributed by atoms with Crippen LogP contribution in [0.25, 0.3) is 0 Å². The summed E-state index contributed by atoms with van der Waals surface area (Å²) in [6.45, 7) is 4.02. The molecule has 0 saturated carbocycles. The molecule has 6 nitrogen and oxygen atoms in total. The number of carbonyl (C=O) groups is 1. The summed E-state index contributed by atoms with van der Waals surface area (Å²) in [4.78, 5) is 14.0. The van der Waals surface area contributed by atoms with Crippen molar-refractivity contribution in [3.63, 3.8) is 0 Å². The maximum absolute atomic E-state index is 13.5. The quantitative estimate of drug-likeness (QED) is 0.883. The fourth-order valence-electron chi connectivity index (χ4n) is 2.60. The van der Waals surface area contributed by atoms with Crippen LogP contribution in [0.3, 0.4) is 0 Å². The molecule has 1 aliphatic rings. The number of aromatic nitrogens is 2. The highest BCUT2D eigenvalue weighted by Crippen LogP contribution is 2.28. The van der Waals surface area contributed by atoms with Gasteiger partial charge in [0.15, 0.2) is 0 Å². The first-order valence-electron chi connectivity index (χ1n) is 7.63. The summed E-state index contributed by atoms with van der Waals surface area (Å²) in [6, 6.07) is 2.14. The molecular weight excluding hydrogens is 336 g/mol. The monoisotopic (exact) mass is 353 g/mol. The average molecular weight is 353 g/mol. The molecule has 0 radical (unpaired) electrons. The predicted octanol–water partition coefficient (Wildman–Crippen LogP) is 3.70. The predicted molar refractivity (Wildman–Crippen MR) is 89.5 cm³/mol. The van der Waals surface area contributed by atoms with Gasteiger partial charge in [0, 0.05) is 19.2 Å². The van der Waals surface area contributed by atoms with Crippen molar-refractivity contribution in [3.05, 3.63) is 29.8 Å². The highest BCUT2D eigenvalue weighted by molar-refractivity contribution is 7.19. The van der Waals surface area contributed by atoms with E-state index in [2.05, 4.69) is 32.7 Å². The molecule has 0 unspecified atom stereocenters. The van der Waals surface area contributed by atoms with Gasteiger partial charge < -0.3 is 10.2 Å². The van der Waals surface area contributed by atoms with E-state index in [9.17, 15) is 13.6 Å². The highest BCUT2D eigenvalue weighted by atomic mass is 32.1. The molecule has 1 aliphatic heterocycles. The molecule has 1 saturated heterocycles. The standard InChI is InChI=1S/C15H17F2N5OS/c1-9-3-2-6-22(8-9)15-21-20-14(24-15)19-13(23)18-12-7-10(16)4-5-11(12)17/h4-5,7,9H,2-3,6,8H2,1H3,(H2,18,19,20,23)/t9-/m1/s1. The molecule has 2 heterocycles. The van der Waals surface area contributed by atoms with Crippen molar-refractivity contribution < 1.29 is 13.6 Å². The first-order chi connectivity index (χ1) is 11.5. The Kier molecular flexibility index (Phi) is 4.89. The average Bonchev–Trinajstić information content (AvgIpc) is 2.99. The molecule has 0 bridgehead atoms. The molecule has 1 atom stereocenters. The number of halogens is 2. The van der Waals surface area contributed by atoms with E-state index in [1.54, 1.807) is 0 Å². The molecule has 24 heavy (non-hydrogen) atoms. The third-order valence-corrected chi connectivity index (χ3v) is 4.64. The maximum Gasteiger partial charge on any atom is 0.325 e. The van der Waals surface area contributed by atoms with E-state index in [0.717, 1.165) is 42.8 Å². The summed E-state index contributed by atoms with van der Waals surface area (Å²) in [5.74, 6) is -0.755. The minimum Gasteiger partial charge on any atom is -0.346 e. The molecule has 2 N–H and O–H groups in total. The molecule has 0 spiro atoms. The lowest BCUT2D eigenvalue weighted by Gasteiger charge is -2.29. The lowest BCUT2D eigenvalue weighted by molar-refractivity contribution is 0.262. The SMILES string of the molecule is C[C@@H]1CCCN(c2nnc(NC(=O)Nc3cc(F)ccc3F)s2)C1. The Hall–Kier alpha value is -2.29. The van der Waals surface area contributed by atoms with Gasteiger partial charge in [-0.1, -0.05) is 18.3 Å². The van der Waals surface area contributed by atoms with Crippen LogP contribution in [-0.4, -0.2) is 29.3 Å². The number of hydrogen-bond donors (Lipinski definition) is 2. The summed E-state index contributed by atoms with van der Waals surface area (Å²) in [5.41, 5.74) is -0.234. The maximum atomic E-state index is 13.5. The van der Waals surface area contributed by atoms with Crippen molar-refractivity contribution >= 4 is 33.3 Å². The van der Waals surface area contributed by atoms with Crippen LogP contribution in [0.5, 0.6) is 0 Å². The Morgan fingerprint density at radius 1 is 1.33 bits per heavy atom. The van der Waals surface area contributed by atoms with Crippen LogP contribution >= 0.6 is 11.3 Å². The second-order valence-electron chi connectivity index (χ2n) is 5.79. The van der Waals surface area contributed by atoms with E-state index < -0.39 is 17.7 Å². The van der Waals surface area contributed by atoms with Crippen LogP contribution in [0.15, 0.2) is 18.2 Å². The second kappa shape index (κ2) is 7.08. The minimum absolute atomic E-state index is 0.234. The van der Waals surface area contributed by atoms with Gasteiger partial charge in [-0.3, -0.25) is 5.32 Å². The van der Waals surface area contributed by atoms with Crippen molar-refractivity contribution in [2.45, 2.75) is 19.8 Å². The number of urea groups is 1. The van der Waals surface area contributed by atoms with Gasteiger partial charge in [0.05, 0.1) is 5.69 Å². The topological polar surface area (TPSA) is 70.2 Å². The van der Waals surface area contributed by atoms with Gasteiger partial charge in [-0.15, -0.1) is 10.2 Å². The van der Waals surface area contributed by atoms with Crippen molar-refractivity contribution in [2.75, 3.05) is 28.6 Å². The molecule has 1 fully saturated rings. The van der Waals surface area contributed by atoms with E-state index in [4.69, 9.17) is 0 Å². The van der Waals surface area contributed by atoms with Crippen molar-refractivity contribution in [1.29, 1.82) is 0 Å². The molecule has 3 rings (SSSR count). The van der Waals surface area contributed by atoms with Crippen molar-refractivity contribution in [3.8, 4) is 0 Å². The summed E-state index contributed by atoms with van der Waals surface area (Å²) < 4.78 is 26.6. The lowest BCUT2D eigenvalue weighted by Crippen LogP contribution is -2.34. The van der Waals surface area contributed by atoms with Gasteiger partial charge in [0.1, 0.15) is 11.6 Å². The third-order valence-electron chi connectivity index (χ3n) is 3.74. The van der Waals surface area contributed by atoms with Gasteiger partial charge in [0.25, 0.3) is 0 Å². The van der Waals surface area contributed by atoms with E-state index in [0.29, 0.717) is 11.0 Å². The van der Waals surface area contributed by atoms with Crippen LogP contribution in [-0.2, 0) is 0 Å². The number of nitrogens with one attached hydrogen (secondary N) is 2. The van der Waals surface area contributed by atoms with Crippen LogP contribution < -0.4 is 15.5 Å². The first-order valence-corrected chi connectivity index (χ1v) is 8.44. The van der Waals surface area contributed by atoms with Crippen LogP contribution in [0.2, 0.25) is 0 Å². The number of benzene rings is 1. The van der Waals surface area contributed by atoms with E-state index in [-0.39, 0.29) is 5.69 Å². The Bertz CT molecular complexity index is 738. The molecule has 2 aromatic rings. The summed E-state index contributed by atoms with van der Waals surface area (Å²) >= 11 is 1.25. The zero-order chi connectivity index (χ0) is 17.1. The Morgan fingerprint density at radius 2 is 2.17 bits per heavy atom. The molecule has 0 aliphatic carbocycles. The van der Waals surface area contributed by atoms with Gasteiger partial charge >= 0.3 is 6.03 Å². The number of nitrogens with zero attached hydrogens (tertiary/aromatic N) is 3. The van der Waals surface area contributed by atoms with Crippen molar-refractivity contribution in [2.24, 2.45) is 5.92 Å². The van der Waals surface area contributed by atoms with Crippen molar-refractivity contribution in [1.82, 2.24) is 10.2 Å². The van der Waals surface area contributed by atoms with E-state index in [1.165, 1.54) is 17.8 Å². The largest absolute Gasteiger partial charge is 0.346 e. The zero-order valence-electron chi connectivity index (χ0n) is 13.1. The van der Waals surface area contributed by atoms with Crippen LogP contribution in [0, 0.1) is 17.6 Å². The molecule has 1 aromatic heterocycles. The van der Waals surface area contributed by atoms with Gasteiger partial charge in [-0.05, 0) is 30.9 Å². The van der Waals surface area contributed by atoms with Crippen LogP contribution in [0.4, 0.5) is 29.5 Å².